The molecule has 1 heterocycles. The van der Waals surface area contributed by atoms with Crippen molar-refractivity contribution in [1.82, 2.24) is 5.32 Å². The lowest BCUT2D eigenvalue weighted by atomic mass is 10.1. The molecule has 1 aliphatic rings. The van der Waals surface area contributed by atoms with Gasteiger partial charge in [-0.05, 0) is 23.8 Å². The molecule has 0 unspecified atom stereocenters. The minimum absolute atomic E-state index is 0.0444. The number of ether oxygens (including phenoxy) is 3. The van der Waals surface area contributed by atoms with Gasteiger partial charge in [0.2, 0.25) is 0 Å². The molecule has 0 bridgehead atoms. The number of nitrogens with zero attached hydrogens (tertiary/aromatic N) is 1. The summed E-state index contributed by atoms with van der Waals surface area (Å²) in [4.78, 5) is 38.7. The lowest BCUT2D eigenvalue weighted by Gasteiger charge is -2.28. The molecule has 0 radical (unpaired) electrons. The molecule has 0 spiro atoms. The number of urea groups is 1. The number of carbonyl (C=O) groups is 3. The summed E-state index contributed by atoms with van der Waals surface area (Å²) < 4.78 is 15.4. The van der Waals surface area contributed by atoms with Crippen molar-refractivity contribution in [2.45, 2.75) is 0 Å². The number of barbiturate groups is 1. The fourth-order valence-corrected chi connectivity index (χ4v) is 3.08. The van der Waals surface area contributed by atoms with Gasteiger partial charge < -0.3 is 19.3 Å². The molecule has 1 aliphatic heterocycles. The van der Waals surface area contributed by atoms with Gasteiger partial charge in [-0.2, -0.15) is 0 Å². The SMILES string of the molecule is COc1cc(C=C2C(=O)NC(=O)N(c3cc(OC)c(Cl)cc3OC)C2=O)ccc1O. The summed E-state index contributed by atoms with van der Waals surface area (Å²) in [5.41, 5.74) is 0.138. The number of imide groups is 2. The van der Waals surface area contributed by atoms with Gasteiger partial charge >= 0.3 is 6.03 Å². The molecule has 10 heteroatoms. The van der Waals surface area contributed by atoms with Crippen LogP contribution < -0.4 is 24.4 Å². The Morgan fingerprint density at radius 2 is 1.63 bits per heavy atom. The van der Waals surface area contributed by atoms with E-state index < -0.39 is 17.8 Å². The second kappa shape index (κ2) is 8.34. The van der Waals surface area contributed by atoms with Gasteiger partial charge in [0.15, 0.2) is 11.5 Å². The van der Waals surface area contributed by atoms with Gasteiger partial charge in [0.05, 0.1) is 32.0 Å². The smallest absolute Gasteiger partial charge is 0.336 e. The summed E-state index contributed by atoms with van der Waals surface area (Å²) in [5.74, 6) is -1.35. The zero-order valence-corrected chi connectivity index (χ0v) is 16.9. The average Bonchev–Trinajstić information content (AvgIpc) is 2.72. The summed E-state index contributed by atoms with van der Waals surface area (Å²) >= 11 is 6.09. The highest BCUT2D eigenvalue weighted by Gasteiger charge is 2.38. The van der Waals surface area contributed by atoms with Crippen molar-refractivity contribution in [2.24, 2.45) is 0 Å². The first kappa shape index (κ1) is 21.0. The third-order valence-corrected chi connectivity index (χ3v) is 4.61. The normalized spacial score (nSPS) is 15.3. The summed E-state index contributed by atoms with van der Waals surface area (Å²) in [6, 6.07) is 6.07. The van der Waals surface area contributed by atoms with Crippen LogP contribution in [0.4, 0.5) is 10.5 Å². The molecule has 30 heavy (non-hydrogen) atoms. The molecule has 2 N–H and O–H groups in total. The second-order valence-corrected chi connectivity index (χ2v) is 6.45. The minimum Gasteiger partial charge on any atom is -0.504 e. The highest BCUT2D eigenvalue weighted by Crippen LogP contribution is 2.39. The van der Waals surface area contributed by atoms with E-state index >= 15 is 0 Å². The number of aromatic hydroxyl groups is 1. The van der Waals surface area contributed by atoms with E-state index in [2.05, 4.69) is 5.32 Å². The second-order valence-electron chi connectivity index (χ2n) is 6.05. The molecule has 0 atom stereocenters. The molecule has 156 valence electrons. The van der Waals surface area contributed by atoms with E-state index in [4.69, 9.17) is 25.8 Å². The third kappa shape index (κ3) is 3.74. The maximum atomic E-state index is 13.1. The van der Waals surface area contributed by atoms with E-state index in [1.165, 1.54) is 57.7 Å². The Morgan fingerprint density at radius 1 is 0.967 bits per heavy atom. The minimum atomic E-state index is -0.951. The Morgan fingerprint density at radius 3 is 2.27 bits per heavy atom. The summed E-state index contributed by atoms with van der Waals surface area (Å²) in [7, 11) is 4.09. The van der Waals surface area contributed by atoms with E-state index in [9.17, 15) is 19.5 Å². The predicted molar refractivity (Wildman–Crippen MR) is 108 cm³/mol. The molecule has 0 aliphatic carbocycles. The van der Waals surface area contributed by atoms with Gasteiger partial charge in [-0.3, -0.25) is 14.9 Å². The number of hydrogen-bond donors (Lipinski definition) is 2. The Hall–Kier alpha value is -3.72. The fraction of sp³-hybridized carbons (Fsp3) is 0.150. The molecule has 4 amide bonds. The van der Waals surface area contributed by atoms with Crippen LogP contribution in [0.3, 0.4) is 0 Å². The van der Waals surface area contributed by atoms with E-state index in [0.29, 0.717) is 5.56 Å². The fourth-order valence-electron chi connectivity index (χ4n) is 2.85. The van der Waals surface area contributed by atoms with Crippen molar-refractivity contribution in [3.05, 3.63) is 46.5 Å². The number of benzene rings is 2. The number of amides is 4. The molecule has 9 nitrogen and oxygen atoms in total. The largest absolute Gasteiger partial charge is 0.504 e. The first-order valence-electron chi connectivity index (χ1n) is 8.50. The number of nitrogens with one attached hydrogen (secondary N) is 1. The van der Waals surface area contributed by atoms with Crippen LogP contribution in [-0.4, -0.2) is 44.3 Å². The number of halogens is 1. The first-order valence-corrected chi connectivity index (χ1v) is 8.88. The monoisotopic (exact) mass is 432 g/mol. The zero-order chi connectivity index (χ0) is 22.0. The molecule has 1 saturated heterocycles. The number of rotatable bonds is 5. The maximum absolute atomic E-state index is 13.1. The lowest BCUT2D eigenvalue weighted by Crippen LogP contribution is -2.54. The van der Waals surface area contributed by atoms with Gasteiger partial charge in [-0.15, -0.1) is 0 Å². The number of phenolic OH excluding ortho intramolecular Hbond substituents is 1. The summed E-state index contributed by atoms with van der Waals surface area (Å²) in [5, 5.41) is 12.1. The van der Waals surface area contributed by atoms with Gasteiger partial charge in [0.25, 0.3) is 11.8 Å². The van der Waals surface area contributed by atoms with Gasteiger partial charge in [0.1, 0.15) is 17.1 Å². The highest BCUT2D eigenvalue weighted by molar-refractivity contribution is 6.39. The Labute approximate surface area is 176 Å². The standard InChI is InChI=1S/C20H17ClN2O7/c1-28-15-9-13(16(29-2)8-12(15)21)23-19(26)11(18(25)22-20(23)27)6-10-4-5-14(24)17(7-10)30-3/h4-9,24H,1-3H3,(H,22,25,27). The number of anilines is 1. The molecule has 2 aromatic carbocycles. The van der Waals surface area contributed by atoms with Crippen LogP contribution in [0, 0.1) is 0 Å². The summed E-state index contributed by atoms with van der Waals surface area (Å²) in [6.45, 7) is 0. The third-order valence-electron chi connectivity index (χ3n) is 4.31. The van der Waals surface area contributed by atoms with Crippen LogP contribution in [-0.2, 0) is 9.59 Å². The van der Waals surface area contributed by atoms with Crippen molar-refractivity contribution < 1.29 is 33.7 Å². The maximum Gasteiger partial charge on any atom is 0.336 e. The predicted octanol–water partition coefficient (Wildman–Crippen LogP) is 2.74. The Kier molecular flexibility index (Phi) is 5.84. The van der Waals surface area contributed by atoms with E-state index in [-0.39, 0.29) is 39.3 Å². The lowest BCUT2D eigenvalue weighted by molar-refractivity contribution is -0.122. The number of phenols is 1. The molecule has 0 aromatic heterocycles. The highest BCUT2D eigenvalue weighted by atomic mass is 35.5. The Bertz CT molecular complexity index is 1080. The zero-order valence-electron chi connectivity index (χ0n) is 16.2. The van der Waals surface area contributed by atoms with Crippen LogP contribution >= 0.6 is 11.6 Å². The quantitative estimate of drug-likeness (QED) is 0.551. The van der Waals surface area contributed by atoms with Gasteiger partial charge in [-0.1, -0.05) is 17.7 Å². The molecule has 2 aromatic rings. The van der Waals surface area contributed by atoms with Gasteiger partial charge in [0, 0.05) is 12.1 Å². The Balaban J connectivity index is 2.10. The van der Waals surface area contributed by atoms with Crippen LogP contribution in [0.2, 0.25) is 5.02 Å². The van der Waals surface area contributed by atoms with Crippen LogP contribution in [0.5, 0.6) is 23.0 Å². The summed E-state index contributed by atoms with van der Waals surface area (Å²) in [6.07, 6.45) is 1.28. The van der Waals surface area contributed by atoms with Crippen molar-refractivity contribution in [3.8, 4) is 23.0 Å². The molecular formula is C20H17ClN2O7. The molecule has 3 rings (SSSR count). The topological polar surface area (TPSA) is 114 Å². The van der Waals surface area contributed by atoms with Crippen LogP contribution in [0.15, 0.2) is 35.9 Å². The first-order chi connectivity index (χ1) is 14.3. The molecule has 1 fully saturated rings. The number of carbonyl (C=O) groups excluding carboxylic acids is 3. The van der Waals surface area contributed by atoms with Crippen LogP contribution in [0.1, 0.15) is 5.56 Å². The van der Waals surface area contributed by atoms with Crippen molar-refractivity contribution in [2.75, 3.05) is 26.2 Å². The molecule has 0 saturated carbocycles. The van der Waals surface area contributed by atoms with Gasteiger partial charge in [-0.25, -0.2) is 9.69 Å². The van der Waals surface area contributed by atoms with E-state index in [0.717, 1.165) is 4.90 Å². The molecular weight excluding hydrogens is 416 g/mol. The van der Waals surface area contributed by atoms with E-state index in [1.54, 1.807) is 0 Å². The number of hydrogen-bond acceptors (Lipinski definition) is 7. The van der Waals surface area contributed by atoms with E-state index in [1.807, 2.05) is 0 Å². The van der Waals surface area contributed by atoms with Crippen molar-refractivity contribution in [1.29, 1.82) is 0 Å². The average molecular weight is 433 g/mol. The number of methoxy groups -OCH3 is 3. The van der Waals surface area contributed by atoms with Crippen LogP contribution in [0.25, 0.3) is 6.08 Å². The van der Waals surface area contributed by atoms with Crippen molar-refractivity contribution >= 4 is 41.2 Å². The van der Waals surface area contributed by atoms with Crippen molar-refractivity contribution in [3.63, 3.8) is 0 Å².